The van der Waals surface area contributed by atoms with Crippen LogP contribution in [0.15, 0.2) is 51.9 Å². The summed E-state index contributed by atoms with van der Waals surface area (Å²) in [5.41, 5.74) is 0.676. The van der Waals surface area contributed by atoms with Crippen molar-refractivity contribution in [3.8, 4) is 28.6 Å². The Morgan fingerprint density at radius 2 is 1.90 bits per heavy atom. The van der Waals surface area contributed by atoms with Gasteiger partial charge >= 0.3 is 0 Å². The van der Waals surface area contributed by atoms with Crippen LogP contribution in [0, 0.1) is 5.82 Å². The van der Waals surface area contributed by atoms with Crippen molar-refractivity contribution in [3.63, 3.8) is 0 Å². The van der Waals surface area contributed by atoms with Crippen molar-refractivity contribution in [1.29, 1.82) is 0 Å². The van der Waals surface area contributed by atoms with Crippen molar-refractivity contribution in [1.82, 2.24) is 10.1 Å². The summed E-state index contributed by atoms with van der Waals surface area (Å²) in [7, 11) is 0. The van der Waals surface area contributed by atoms with Gasteiger partial charge in [0.25, 0.3) is 5.89 Å². The van der Waals surface area contributed by atoms with Gasteiger partial charge in [-0.1, -0.05) is 11.2 Å². The van der Waals surface area contributed by atoms with Crippen molar-refractivity contribution in [2.24, 2.45) is 0 Å². The molecule has 1 aromatic heterocycles. The predicted octanol–water partition coefficient (Wildman–Crippen LogP) is 3.97. The summed E-state index contributed by atoms with van der Waals surface area (Å²) in [6, 6.07) is 11.6. The lowest BCUT2D eigenvalue weighted by Crippen LogP contribution is -1.86. The molecule has 2 aromatic carbocycles. The van der Waals surface area contributed by atoms with Gasteiger partial charge in [-0.15, -0.1) is 11.8 Å². The Labute approximate surface area is 124 Å². The molecule has 106 valence electrons. The van der Waals surface area contributed by atoms with Crippen LogP contribution in [0.2, 0.25) is 0 Å². The average Bonchev–Trinajstić information content (AvgIpc) is 2.97. The molecule has 6 heteroatoms. The van der Waals surface area contributed by atoms with Crippen molar-refractivity contribution < 1.29 is 14.0 Å². The number of nitrogens with zero attached hydrogens (tertiary/aromatic N) is 2. The first kappa shape index (κ1) is 13.6. The highest BCUT2D eigenvalue weighted by Crippen LogP contribution is 2.31. The Bertz CT molecular complexity index is 751. The molecular weight excluding hydrogens is 291 g/mol. The maximum Gasteiger partial charge on any atom is 0.265 e. The molecule has 0 atom stereocenters. The Kier molecular flexibility index (Phi) is 3.62. The first-order valence-corrected chi connectivity index (χ1v) is 7.37. The highest BCUT2D eigenvalue weighted by atomic mass is 32.2. The number of aromatic nitrogens is 2. The van der Waals surface area contributed by atoms with Gasteiger partial charge in [0.15, 0.2) is 0 Å². The van der Waals surface area contributed by atoms with Gasteiger partial charge in [-0.25, -0.2) is 4.39 Å². The van der Waals surface area contributed by atoms with E-state index in [1.807, 2.05) is 30.5 Å². The second-order valence-electron chi connectivity index (χ2n) is 4.29. The maximum atomic E-state index is 13.8. The van der Waals surface area contributed by atoms with Crippen LogP contribution in [-0.2, 0) is 0 Å². The third-order valence-corrected chi connectivity index (χ3v) is 3.72. The van der Waals surface area contributed by atoms with Crippen molar-refractivity contribution in [3.05, 3.63) is 48.3 Å². The van der Waals surface area contributed by atoms with Crippen LogP contribution in [0.5, 0.6) is 5.75 Å². The van der Waals surface area contributed by atoms with Crippen molar-refractivity contribution >= 4 is 11.8 Å². The SMILES string of the molecule is CSc1ccc(-c2noc(-c3c(O)cccc3F)n2)cc1. The maximum absolute atomic E-state index is 13.8. The summed E-state index contributed by atoms with van der Waals surface area (Å²) in [6.07, 6.45) is 1.99. The standard InChI is InChI=1S/C15H11FN2O2S/c1-21-10-7-5-9(6-8-10)14-17-15(20-18-14)13-11(16)3-2-4-12(13)19/h2-8,19H,1H3. The molecule has 4 nitrogen and oxygen atoms in total. The Morgan fingerprint density at radius 1 is 1.14 bits per heavy atom. The van der Waals surface area contributed by atoms with E-state index >= 15 is 0 Å². The zero-order valence-corrected chi connectivity index (χ0v) is 11.9. The summed E-state index contributed by atoms with van der Waals surface area (Å²) < 4.78 is 18.8. The van der Waals surface area contributed by atoms with Crippen LogP contribution in [0.1, 0.15) is 0 Å². The molecule has 0 amide bonds. The molecule has 0 aliphatic rings. The highest BCUT2D eigenvalue weighted by Gasteiger charge is 2.18. The number of hydrogen-bond acceptors (Lipinski definition) is 5. The normalized spacial score (nSPS) is 10.8. The fourth-order valence-corrected chi connectivity index (χ4v) is 2.32. The fourth-order valence-electron chi connectivity index (χ4n) is 1.91. The monoisotopic (exact) mass is 302 g/mol. The van der Waals surface area contributed by atoms with Gasteiger partial charge in [0.05, 0.1) is 0 Å². The van der Waals surface area contributed by atoms with E-state index in [4.69, 9.17) is 4.52 Å². The molecule has 3 rings (SSSR count). The Balaban J connectivity index is 1.99. The molecule has 3 aromatic rings. The van der Waals surface area contributed by atoms with Gasteiger partial charge in [-0.05, 0) is 42.7 Å². The first-order chi connectivity index (χ1) is 10.2. The number of rotatable bonds is 3. The topological polar surface area (TPSA) is 59.2 Å². The van der Waals surface area contributed by atoms with Crippen LogP contribution in [-0.4, -0.2) is 21.5 Å². The molecule has 0 unspecified atom stereocenters. The molecule has 0 saturated carbocycles. The number of halogens is 1. The van der Waals surface area contributed by atoms with E-state index in [2.05, 4.69) is 10.1 Å². The van der Waals surface area contributed by atoms with Gasteiger partial charge in [0, 0.05) is 10.5 Å². The number of thioether (sulfide) groups is 1. The lowest BCUT2D eigenvalue weighted by atomic mass is 10.2. The van der Waals surface area contributed by atoms with E-state index < -0.39 is 5.82 Å². The lowest BCUT2D eigenvalue weighted by Gasteiger charge is -1.99. The number of benzene rings is 2. The van der Waals surface area contributed by atoms with Gasteiger partial charge in [0.2, 0.25) is 5.82 Å². The number of phenolic OH excluding ortho intramolecular Hbond substituents is 1. The minimum Gasteiger partial charge on any atom is -0.507 e. The second-order valence-corrected chi connectivity index (χ2v) is 5.17. The lowest BCUT2D eigenvalue weighted by molar-refractivity contribution is 0.421. The van der Waals surface area contributed by atoms with E-state index in [1.54, 1.807) is 11.8 Å². The van der Waals surface area contributed by atoms with Gasteiger partial charge in [0.1, 0.15) is 17.1 Å². The molecule has 0 bridgehead atoms. The summed E-state index contributed by atoms with van der Waals surface area (Å²) in [6.45, 7) is 0. The summed E-state index contributed by atoms with van der Waals surface area (Å²) in [4.78, 5) is 5.26. The van der Waals surface area contributed by atoms with Crippen LogP contribution in [0.3, 0.4) is 0 Å². The first-order valence-electron chi connectivity index (χ1n) is 6.15. The molecule has 1 heterocycles. The molecular formula is C15H11FN2O2S. The molecule has 0 fully saturated rings. The third-order valence-electron chi connectivity index (χ3n) is 2.98. The fraction of sp³-hybridized carbons (Fsp3) is 0.0667. The third kappa shape index (κ3) is 2.62. The number of aromatic hydroxyl groups is 1. The van der Waals surface area contributed by atoms with Crippen LogP contribution >= 0.6 is 11.8 Å². The quantitative estimate of drug-likeness (QED) is 0.742. The van der Waals surface area contributed by atoms with Gasteiger partial charge in [-0.2, -0.15) is 4.98 Å². The predicted molar refractivity (Wildman–Crippen MR) is 78.6 cm³/mol. The molecule has 0 radical (unpaired) electrons. The van der Waals surface area contributed by atoms with Crippen LogP contribution < -0.4 is 0 Å². The van der Waals surface area contributed by atoms with E-state index in [1.165, 1.54) is 18.2 Å². The minimum atomic E-state index is -0.608. The molecule has 21 heavy (non-hydrogen) atoms. The number of phenols is 1. The largest absolute Gasteiger partial charge is 0.507 e. The van der Waals surface area contributed by atoms with E-state index in [-0.39, 0.29) is 17.2 Å². The Morgan fingerprint density at radius 3 is 2.57 bits per heavy atom. The smallest absolute Gasteiger partial charge is 0.265 e. The molecule has 0 aliphatic heterocycles. The van der Waals surface area contributed by atoms with Crippen LogP contribution in [0.25, 0.3) is 22.8 Å². The van der Waals surface area contributed by atoms with Gasteiger partial charge in [-0.3, -0.25) is 0 Å². The van der Waals surface area contributed by atoms with Crippen molar-refractivity contribution in [2.75, 3.05) is 6.26 Å². The highest BCUT2D eigenvalue weighted by molar-refractivity contribution is 7.98. The molecule has 0 aliphatic carbocycles. The Hall–Kier alpha value is -2.34. The van der Waals surface area contributed by atoms with Crippen LogP contribution in [0.4, 0.5) is 4.39 Å². The molecule has 0 spiro atoms. The summed E-state index contributed by atoms with van der Waals surface area (Å²) >= 11 is 1.63. The summed E-state index contributed by atoms with van der Waals surface area (Å²) in [5, 5.41) is 13.6. The van der Waals surface area contributed by atoms with Crippen molar-refractivity contribution in [2.45, 2.75) is 4.90 Å². The van der Waals surface area contributed by atoms with E-state index in [0.29, 0.717) is 5.82 Å². The summed E-state index contributed by atoms with van der Waals surface area (Å²) in [5.74, 6) is -0.541. The van der Waals surface area contributed by atoms with Gasteiger partial charge < -0.3 is 9.63 Å². The van der Waals surface area contributed by atoms with E-state index in [9.17, 15) is 9.50 Å². The molecule has 0 saturated heterocycles. The molecule has 1 N–H and O–H groups in total. The average molecular weight is 302 g/mol. The zero-order chi connectivity index (χ0) is 14.8. The second kappa shape index (κ2) is 5.57. The zero-order valence-electron chi connectivity index (χ0n) is 11.1. The van der Waals surface area contributed by atoms with E-state index in [0.717, 1.165) is 10.5 Å². The minimum absolute atomic E-state index is 0.0467. The number of hydrogen-bond donors (Lipinski definition) is 1.